The standard InChI is InChI=1S/C16H11ClO3S/c1-9-13-7-4-11(18)8-14(13)20-16(19)15(9)21-12-5-2-10(17)3-6-12/h2-8,18H,1H3. The molecule has 3 rings (SSSR count). The van der Waals surface area contributed by atoms with Crippen molar-refractivity contribution < 1.29 is 9.52 Å². The number of fused-ring (bicyclic) bond motifs is 1. The highest BCUT2D eigenvalue weighted by atomic mass is 35.5. The van der Waals surface area contributed by atoms with Crippen molar-refractivity contribution in [1.29, 1.82) is 0 Å². The van der Waals surface area contributed by atoms with Gasteiger partial charge in [-0.3, -0.25) is 0 Å². The van der Waals surface area contributed by atoms with Gasteiger partial charge in [0.2, 0.25) is 0 Å². The normalized spacial score (nSPS) is 11.0. The monoisotopic (exact) mass is 318 g/mol. The maximum atomic E-state index is 12.1. The molecule has 0 atom stereocenters. The Balaban J connectivity index is 2.12. The summed E-state index contributed by atoms with van der Waals surface area (Å²) in [5.74, 6) is 0.0724. The Morgan fingerprint density at radius 2 is 1.86 bits per heavy atom. The maximum absolute atomic E-state index is 12.1. The second-order valence-electron chi connectivity index (χ2n) is 4.58. The van der Waals surface area contributed by atoms with Crippen molar-refractivity contribution in [3.05, 3.63) is 63.5 Å². The van der Waals surface area contributed by atoms with E-state index >= 15 is 0 Å². The Labute approximate surface area is 130 Å². The summed E-state index contributed by atoms with van der Waals surface area (Å²) in [6.45, 7) is 1.87. The maximum Gasteiger partial charge on any atom is 0.350 e. The van der Waals surface area contributed by atoms with Gasteiger partial charge in [0, 0.05) is 21.4 Å². The van der Waals surface area contributed by atoms with E-state index in [-0.39, 0.29) is 5.75 Å². The van der Waals surface area contributed by atoms with Crippen LogP contribution in [-0.2, 0) is 0 Å². The molecule has 0 aliphatic carbocycles. The van der Waals surface area contributed by atoms with Crippen LogP contribution in [0.2, 0.25) is 5.02 Å². The van der Waals surface area contributed by atoms with Gasteiger partial charge >= 0.3 is 5.63 Å². The van der Waals surface area contributed by atoms with Crippen molar-refractivity contribution in [3.8, 4) is 5.75 Å². The molecule has 0 unspecified atom stereocenters. The van der Waals surface area contributed by atoms with Gasteiger partial charge in [-0.25, -0.2) is 4.79 Å². The molecule has 0 spiro atoms. The Morgan fingerprint density at radius 3 is 2.57 bits per heavy atom. The zero-order valence-electron chi connectivity index (χ0n) is 11.1. The largest absolute Gasteiger partial charge is 0.508 e. The third-order valence-corrected chi connectivity index (χ3v) is 4.57. The number of benzene rings is 2. The predicted molar refractivity (Wildman–Crippen MR) is 84.5 cm³/mol. The molecule has 106 valence electrons. The molecule has 0 radical (unpaired) electrons. The van der Waals surface area contributed by atoms with E-state index in [1.807, 2.05) is 19.1 Å². The summed E-state index contributed by atoms with van der Waals surface area (Å²) in [4.78, 5) is 13.6. The molecule has 2 aromatic carbocycles. The van der Waals surface area contributed by atoms with Gasteiger partial charge in [0.25, 0.3) is 0 Å². The van der Waals surface area contributed by atoms with Crippen LogP contribution in [0.1, 0.15) is 5.56 Å². The van der Waals surface area contributed by atoms with E-state index in [0.29, 0.717) is 15.5 Å². The summed E-state index contributed by atoms with van der Waals surface area (Å²) in [5.41, 5.74) is 0.810. The molecule has 0 bridgehead atoms. The lowest BCUT2D eigenvalue weighted by molar-refractivity contribution is 0.472. The van der Waals surface area contributed by atoms with E-state index in [0.717, 1.165) is 15.8 Å². The van der Waals surface area contributed by atoms with Crippen LogP contribution in [0.3, 0.4) is 0 Å². The minimum Gasteiger partial charge on any atom is -0.508 e. The number of halogens is 1. The molecule has 3 nitrogen and oxygen atoms in total. The van der Waals surface area contributed by atoms with Crippen LogP contribution in [0, 0.1) is 6.92 Å². The number of hydrogen-bond donors (Lipinski definition) is 1. The molecule has 0 saturated heterocycles. The molecule has 0 fully saturated rings. The zero-order valence-corrected chi connectivity index (χ0v) is 12.7. The lowest BCUT2D eigenvalue weighted by Crippen LogP contribution is -2.04. The predicted octanol–water partition coefficient (Wildman–Crippen LogP) is 4.61. The van der Waals surface area contributed by atoms with Gasteiger partial charge in [-0.15, -0.1) is 0 Å². The van der Waals surface area contributed by atoms with Crippen LogP contribution >= 0.6 is 23.4 Å². The Morgan fingerprint density at radius 1 is 1.14 bits per heavy atom. The van der Waals surface area contributed by atoms with Crippen molar-refractivity contribution >= 4 is 34.3 Å². The molecule has 21 heavy (non-hydrogen) atoms. The minimum absolute atomic E-state index is 0.0724. The number of aryl methyl sites for hydroxylation is 1. The number of hydrogen-bond acceptors (Lipinski definition) is 4. The Hall–Kier alpha value is -1.91. The zero-order chi connectivity index (χ0) is 15.0. The fourth-order valence-corrected chi connectivity index (χ4v) is 3.09. The summed E-state index contributed by atoms with van der Waals surface area (Å²) in [7, 11) is 0. The molecule has 0 amide bonds. The highest BCUT2D eigenvalue weighted by Crippen LogP contribution is 2.32. The lowest BCUT2D eigenvalue weighted by atomic mass is 10.1. The summed E-state index contributed by atoms with van der Waals surface area (Å²) < 4.78 is 5.29. The third-order valence-electron chi connectivity index (χ3n) is 3.13. The highest BCUT2D eigenvalue weighted by molar-refractivity contribution is 7.99. The first-order valence-electron chi connectivity index (χ1n) is 6.24. The van der Waals surface area contributed by atoms with Crippen LogP contribution in [-0.4, -0.2) is 5.11 Å². The third kappa shape index (κ3) is 2.77. The van der Waals surface area contributed by atoms with E-state index in [2.05, 4.69) is 0 Å². The molecule has 1 aromatic heterocycles. The van der Waals surface area contributed by atoms with Gasteiger partial charge in [0.1, 0.15) is 16.2 Å². The molecule has 3 aromatic rings. The smallest absolute Gasteiger partial charge is 0.350 e. The first-order valence-corrected chi connectivity index (χ1v) is 7.44. The SMILES string of the molecule is Cc1c(Sc2ccc(Cl)cc2)c(=O)oc2cc(O)ccc12. The van der Waals surface area contributed by atoms with E-state index in [1.54, 1.807) is 24.3 Å². The van der Waals surface area contributed by atoms with E-state index < -0.39 is 5.63 Å². The van der Waals surface area contributed by atoms with Crippen LogP contribution < -0.4 is 5.63 Å². The lowest BCUT2D eigenvalue weighted by Gasteiger charge is -2.07. The van der Waals surface area contributed by atoms with Crippen LogP contribution in [0.5, 0.6) is 5.75 Å². The summed E-state index contributed by atoms with van der Waals surface area (Å²) in [6, 6.07) is 12.0. The molecule has 0 aliphatic heterocycles. The average Bonchev–Trinajstić information content (AvgIpc) is 2.45. The van der Waals surface area contributed by atoms with Crippen molar-refractivity contribution in [3.63, 3.8) is 0 Å². The fraction of sp³-hybridized carbons (Fsp3) is 0.0625. The molecule has 1 N–H and O–H groups in total. The molecular weight excluding hydrogens is 308 g/mol. The van der Waals surface area contributed by atoms with Gasteiger partial charge in [0.05, 0.1) is 0 Å². The van der Waals surface area contributed by atoms with E-state index in [1.165, 1.54) is 17.8 Å². The van der Waals surface area contributed by atoms with Crippen molar-refractivity contribution in [2.75, 3.05) is 0 Å². The highest BCUT2D eigenvalue weighted by Gasteiger charge is 2.13. The first-order chi connectivity index (χ1) is 10.0. The van der Waals surface area contributed by atoms with E-state index in [4.69, 9.17) is 16.0 Å². The van der Waals surface area contributed by atoms with E-state index in [9.17, 15) is 9.90 Å². The quantitative estimate of drug-likeness (QED) is 0.701. The molecule has 5 heteroatoms. The second-order valence-corrected chi connectivity index (χ2v) is 6.10. The topological polar surface area (TPSA) is 50.4 Å². The fourth-order valence-electron chi connectivity index (χ4n) is 2.07. The van der Waals surface area contributed by atoms with Gasteiger partial charge in [-0.1, -0.05) is 23.4 Å². The first kappa shape index (κ1) is 14.0. The number of aromatic hydroxyl groups is 1. The molecule has 0 aliphatic rings. The molecule has 1 heterocycles. The van der Waals surface area contributed by atoms with Gasteiger partial charge < -0.3 is 9.52 Å². The Bertz CT molecular complexity index is 869. The van der Waals surface area contributed by atoms with Gasteiger partial charge in [-0.2, -0.15) is 0 Å². The van der Waals surface area contributed by atoms with Gasteiger partial charge in [-0.05, 0) is 48.9 Å². The molecule has 0 saturated carbocycles. The Kier molecular flexibility index (Phi) is 3.66. The number of phenolic OH excluding ortho intramolecular Hbond substituents is 1. The van der Waals surface area contributed by atoms with Crippen LogP contribution in [0.4, 0.5) is 0 Å². The average molecular weight is 319 g/mol. The molecular formula is C16H11ClO3S. The number of rotatable bonds is 2. The summed E-state index contributed by atoms with van der Waals surface area (Å²) in [6.07, 6.45) is 0. The summed E-state index contributed by atoms with van der Waals surface area (Å²) >= 11 is 7.20. The van der Waals surface area contributed by atoms with Crippen molar-refractivity contribution in [1.82, 2.24) is 0 Å². The van der Waals surface area contributed by atoms with Crippen molar-refractivity contribution in [2.24, 2.45) is 0 Å². The summed E-state index contributed by atoms with van der Waals surface area (Å²) in [5, 5.41) is 10.9. The van der Waals surface area contributed by atoms with Gasteiger partial charge in [0.15, 0.2) is 0 Å². The number of phenols is 1. The van der Waals surface area contributed by atoms with Crippen LogP contribution in [0.15, 0.2) is 61.5 Å². The minimum atomic E-state index is -0.412. The second kappa shape index (κ2) is 5.47. The van der Waals surface area contributed by atoms with Crippen molar-refractivity contribution in [2.45, 2.75) is 16.7 Å². The van der Waals surface area contributed by atoms with Crippen LogP contribution in [0.25, 0.3) is 11.0 Å².